The number of aromatic nitrogens is 1. The quantitative estimate of drug-likeness (QED) is 0.887. The van der Waals surface area contributed by atoms with Crippen molar-refractivity contribution in [2.45, 2.75) is 18.9 Å². The number of aliphatic carboxylic acids is 1. The van der Waals surface area contributed by atoms with Crippen molar-refractivity contribution < 1.29 is 14.7 Å². The highest BCUT2D eigenvalue weighted by molar-refractivity contribution is 6.02. The van der Waals surface area contributed by atoms with Crippen LogP contribution in [0.2, 0.25) is 0 Å². The smallest absolute Gasteiger partial charge is 0.326 e. The number of rotatable bonds is 2. The molecular formula is C15H15N3O3. The summed E-state index contributed by atoms with van der Waals surface area (Å²) in [6.45, 7) is 0.467. The summed E-state index contributed by atoms with van der Waals surface area (Å²) in [4.78, 5) is 28.9. The van der Waals surface area contributed by atoms with Gasteiger partial charge in [0.15, 0.2) is 0 Å². The van der Waals surface area contributed by atoms with Crippen molar-refractivity contribution in [3.8, 4) is 0 Å². The fourth-order valence-corrected chi connectivity index (χ4v) is 2.69. The van der Waals surface area contributed by atoms with Gasteiger partial charge in [0, 0.05) is 29.7 Å². The van der Waals surface area contributed by atoms with Crippen LogP contribution in [-0.2, 0) is 4.79 Å². The number of nitrogens with zero attached hydrogens (tertiary/aromatic N) is 2. The summed E-state index contributed by atoms with van der Waals surface area (Å²) in [6.07, 6.45) is 4.60. The summed E-state index contributed by atoms with van der Waals surface area (Å²) in [5, 5.41) is 13.8. The topological polar surface area (TPSA) is 82.5 Å². The number of amides is 2. The van der Waals surface area contributed by atoms with E-state index >= 15 is 0 Å². The van der Waals surface area contributed by atoms with Crippen molar-refractivity contribution in [3.63, 3.8) is 0 Å². The maximum absolute atomic E-state index is 12.3. The third-order valence-electron chi connectivity index (χ3n) is 3.72. The zero-order valence-electron chi connectivity index (χ0n) is 11.3. The Labute approximate surface area is 121 Å². The highest BCUT2D eigenvalue weighted by Crippen LogP contribution is 2.24. The van der Waals surface area contributed by atoms with Crippen molar-refractivity contribution in [2.24, 2.45) is 0 Å². The summed E-state index contributed by atoms with van der Waals surface area (Å²) in [5.74, 6) is -0.954. The highest BCUT2D eigenvalue weighted by atomic mass is 16.4. The van der Waals surface area contributed by atoms with Crippen molar-refractivity contribution >= 4 is 28.5 Å². The van der Waals surface area contributed by atoms with Crippen molar-refractivity contribution in [1.29, 1.82) is 0 Å². The van der Waals surface area contributed by atoms with E-state index in [0.717, 1.165) is 10.8 Å². The lowest BCUT2D eigenvalue weighted by molar-refractivity contribution is -0.141. The SMILES string of the molecule is O=C(O)[C@H]1CCCN1C(=O)Nc1cccc2cnccc12. The molecule has 0 unspecified atom stereocenters. The predicted octanol–water partition coefficient (Wildman–Crippen LogP) is 2.32. The van der Waals surface area contributed by atoms with E-state index in [1.807, 2.05) is 18.2 Å². The van der Waals surface area contributed by atoms with E-state index in [4.69, 9.17) is 5.11 Å². The normalized spacial score (nSPS) is 17.9. The summed E-state index contributed by atoms with van der Waals surface area (Å²) in [7, 11) is 0. The molecule has 2 aromatic rings. The standard InChI is InChI=1S/C15H15N3O3/c19-14(20)13-5-2-8-18(13)15(21)17-12-4-1-3-10-9-16-7-6-11(10)12/h1,3-4,6-7,9,13H,2,5,8H2,(H,17,21)(H,19,20)/t13-/m1/s1. The van der Waals surface area contributed by atoms with Gasteiger partial charge in [-0.15, -0.1) is 0 Å². The van der Waals surface area contributed by atoms with Crippen LogP contribution in [0.4, 0.5) is 10.5 Å². The average Bonchev–Trinajstić information content (AvgIpc) is 2.97. The highest BCUT2D eigenvalue weighted by Gasteiger charge is 2.34. The molecular weight excluding hydrogens is 270 g/mol. The summed E-state index contributed by atoms with van der Waals surface area (Å²) in [5.41, 5.74) is 0.663. The van der Waals surface area contributed by atoms with Crippen LogP contribution in [0.25, 0.3) is 10.8 Å². The van der Waals surface area contributed by atoms with Gasteiger partial charge in [0.2, 0.25) is 0 Å². The Balaban J connectivity index is 1.85. The van der Waals surface area contributed by atoms with Crippen LogP contribution in [-0.4, -0.2) is 39.6 Å². The Morgan fingerprint density at radius 1 is 1.33 bits per heavy atom. The van der Waals surface area contributed by atoms with E-state index in [1.165, 1.54) is 4.90 Å². The van der Waals surface area contributed by atoms with Crippen molar-refractivity contribution in [1.82, 2.24) is 9.88 Å². The summed E-state index contributed by atoms with van der Waals surface area (Å²) < 4.78 is 0. The van der Waals surface area contributed by atoms with Gasteiger partial charge in [-0.2, -0.15) is 0 Å². The molecule has 1 aromatic carbocycles. The summed E-state index contributed by atoms with van der Waals surface area (Å²) in [6, 6.07) is 6.26. The van der Waals surface area contributed by atoms with Gasteiger partial charge in [0.25, 0.3) is 0 Å². The molecule has 1 fully saturated rings. The second kappa shape index (κ2) is 5.40. The molecule has 0 radical (unpaired) electrons. The lowest BCUT2D eigenvalue weighted by Crippen LogP contribution is -2.42. The van der Waals surface area contributed by atoms with Crippen LogP contribution in [0.5, 0.6) is 0 Å². The first-order valence-corrected chi connectivity index (χ1v) is 6.80. The summed E-state index contributed by atoms with van der Waals surface area (Å²) >= 11 is 0. The molecule has 21 heavy (non-hydrogen) atoms. The van der Waals surface area contributed by atoms with Crippen LogP contribution in [0, 0.1) is 0 Å². The van der Waals surface area contributed by atoms with Crippen LogP contribution in [0.15, 0.2) is 36.7 Å². The first-order chi connectivity index (χ1) is 10.2. The molecule has 0 bridgehead atoms. The Morgan fingerprint density at radius 2 is 2.19 bits per heavy atom. The zero-order valence-corrected chi connectivity index (χ0v) is 11.3. The molecule has 2 N–H and O–H groups in total. The second-order valence-electron chi connectivity index (χ2n) is 5.02. The molecule has 108 valence electrons. The van der Waals surface area contributed by atoms with Gasteiger partial charge in [-0.3, -0.25) is 4.98 Å². The molecule has 1 aromatic heterocycles. The molecule has 2 amide bonds. The Bertz CT molecular complexity index is 696. The fraction of sp³-hybridized carbons (Fsp3) is 0.267. The van der Waals surface area contributed by atoms with Gasteiger partial charge < -0.3 is 15.3 Å². The molecule has 3 rings (SSSR count). The molecule has 1 saturated heterocycles. The molecule has 1 aliphatic heterocycles. The van der Waals surface area contributed by atoms with Gasteiger partial charge in [-0.1, -0.05) is 12.1 Å². The predicted molar refractivity (Wildman–Crippen MR) is 78.1 cm³/mol. The molecule has 1 aliphatic rings. The number of pyridine rings is 1. The third kappa shape index (κ3) is 2.52. The number of hydrogen-bond acceptors (Lipinski definition) is 3. The van der Waals surface area contributed by atoms with Crippen LogP contribution in [0.3, 0.4) is 0 Å². The Kier molecular flexibility index (Phi) is 3.43. The molecule has 0 aliphatic carbocycles. The third-order valence-corrected chi connectivity index (χ3v) is 3.72. The van der Waals surface area contributed by atoms with E-state index < -0.39 is 12.0 Å². The molecule has 0 saturated carbocycles. The number of carboxylic acids is 1. The Morgan fingerprint density at radius 3 is 3.00 bits per heavy atom. The second-order valence-corrected chi connectivity index (χ2v) is 5.02. The fourth-order valence-electron chi connectivity index (χ4n) is 2.69. The molecule has 6 heteroatoms. The maximum atomic E-state index is 12.3. The van der Waals surface area contributed by atoms with E-state index in [9.17, 15) is 9.59 Å². The van der Waals surface area contributed by atoms with Crippen molar-refractivity contribution in [3.05, 3.63) is 36.7 Å². The minimum Gasteiger partial charge on any atom is -0.480 e. The van der Waals surface area contributed by atoms with Gasteiger partial charge in [-0.25, -0.2) is 9.59 Å². The van der Waals surface area contributed by atoms with Crippen LogP contribution in [0.1, 0.15) is 12.8 Å². The number of carbonyl (C=O) groups is 2. The molecule has 6 nitrogen and oxygen atoms in total. The number of hydrogen-bond donors (Lipinski definition) is 2. The number of urea groups is 1. The van der Waals surface area contributed by atoms with Crippen molar-refractivity contribution in [2.75, 3.05) is 11.9 Å². The number of carboxylic acid groups (broad SMARTS) is 1. The Hall–Kier alpha value is -2.63. The maximum Gasteiger partial charge on any atom is 0.326 e. The lowest BCUT2D eigenvalue weighted by atomic mass is 10.1. The van der Waals surface area contributed by atoms with Gasteiger partial charge in [-0.05, 0) is 25.0 Å². The first kappa shape index (κ1) is 13.4. The van der Waals surface area contributed by atoms with E-state index in [1.54, 1.807) is 18.5 Å². The number of fused-ring (bicyclic) bond motifs is 1. The van der Waals surface area contributed by atoms with E-state index in [2.05, 4.69) is 10.3 Å². The molecule has 0 spiro atoms. The van der Waals surface area contributed by atoms with E-state index in [0.29, 0.717) is 25.1 Å². The first-order valence-electron chi connectivity index (χ1n) is 6.80. The zero-order chi connectivity index (χ0) is 14.8. The van der Waals surface area contributed by atoms with Gasteiger partial charge >= 0.3 is 12.0 Å². The lowest BCUT2D eigenvalue weighted by Gasteiger charge is -2.22. The number of benzene rings is 1. The van der Waals surface area contributed by atoms with Crippen LogP contribution >= 0.6 is 0 Å². The van der Waals surface area contributed by atoms with Crippen LogP contribution < -0.4 is 5.32 Å². The molecule has 1 atom stereocenters. The monoisotopic (exact) mass is 285 g/mol. The van der Waals surface area contributed by atoms with E-state index in [-0.39, 0.29) is 6.03 Å². The molecule has 2 heterocycles. The number of anilines is 1. The minimum atomic E-state index is -0.954. The number of carbonyl (C=O) groups excluding carboxylic acids is 1. The van der Waals surface area contributed by atoms with Gasteiger partial charge in [0.05, 0.1) is 5.69 Å². The number of nitrogens with one attached hydrogen (secondary N) is 1. The van der Waals surface area contributed by atoms with Gasteiger partial charge in [0.1, 0.15) is 6.04 Å². The largest absolute Gasteiger partial charge is 0.480 e. The number of likely N-dealkylation sites (tertiary alicyclic amines) is 1. The average molecular weight is 285 g/mol. The minimum absolute atomic E-state index is 0.371.